The van der Waals surface area contributed by atoms with Crippen LogP contribution in [0, 0.1) is 0 Å². The molecule has 2 aliphatic heterocycles. The van der Waals surface area contributed by atoms with Gasteiger partial charge >= 0.3 is 6.18 Å². The number of rotatable bonds is 4. The molecule has 1 atom stereocenters. The Bertz CT molecular complexity index is 1200. The molecule has 180 valence electrons. The zero-order valence-corrected chi connectivity index (χ0v) is 18.5. The lowest BCUT2D eigenvalue weighted by Crippen LogP contribution is -2.49. The first-order valence-electron chi connectivity index (χ1n) is 11.1. The second-order valence-corrected chi connectivity index (χ2v) is 8.45. The molecule has 0 aliphatic carbocycles. The Labute approximate surface area is 194 Å². The fourth-order valence-corrected chi connectivity index (χ4v) is 4.65. The number of fused-ring (bicyclic) bond motifs is 2. The molecule has 3 heterocycles. The molecule has 34 heavy (non-hydrogen) atoms. The lowest BCUT2D eigenvalue weighted by molar-refractivity contribution is -0.142. The van der Waals surface area contributed by atoms with Crippen LogP contribution in [0.4, 0.5) is 13.2 Å². The minimum atomic E-state index is -4.43. The maximum atomic E-state index is 13.2. The van der Waals surface area contributed by atoms with Gasteiger partial charge in [-0.3, -0.25) is 4.79 Å². The molecular weight excluding hydrogens is 451 g/mol. The second kappa shape index (κ2) is 8.83. The molecule has 0 unspecified atom stereocenters. The first kappa shape index (κ1) is 22.5. The van der Waals surface area contributed by atoms with E-state index < -0.39 is 17.8 Å². The number of carbonyl (C=O) groups is 1. The highest BCUT2D eigenvalue weighted by atomic mass is 19.4. The van der Waals surface area contributed by atoms with Crippen molar-refractivity contribution in [1.29, 1.82) is 0 Å². The predicted molar refractivity (Wildman–Crippen MR) is 117 cm³/mol. The minimum Gasteiger partial charge on any atom is -0.485 e. The molecule has 1 saturated heterocycles. The number of hydrogen-bond donors (Lipinski definition) is 0. The first-order chi connectivity index (χ1) is 16.3. The predicted octanol–water partition coefficient (Wildman–Crippen LogP) is 4.21. The van der Waals surface area contributed by atoms with Gasteiger partial charge in [-0.1, -0.05) is 12.1 Å². The number of imidazole rings is 1. The number of halogens is 3. The number of hydrogen-bond acceptors (Lipinski definition) is 5. The van der Waals surface area contributed by atoms with Crippen molar-refractivity contribution in [3.63, 3.8) is 0 Å². The molecule has 5 rings (SSSR count). The molecule has 1 fully saturated rings. The summed E-state index contributed by atoms with van der Waals surface area (Å²) in [5.41, 5.74) is 0.183. The Morgan fingerprint density at radius 2 is 1.88 bits per heavy atom. The SMILES string of the molecule is COCc1nc2cc(C(F)(F)F)ccc2n1C1CCN(C(=O)[C@@H]2COc3ccccc3O2)CC1. The summed E-state index contributed by atoms with van der Waals surface area (Å²) in [4.78, 5) is 19.2. The average molecular weight is 475 g/mol. The van der Waals surface area contributed by atoms with Crippen LogP contribution in [0.3, 0.4) is 0 Å². The lowest BCUT2D eigenvalue weighted by atomic mass is 10.0. The van der Waals surface area contributed by atoms with Gasteiger partial charge in [0.2, 0.25) is 6.10 Å². The third-order valence-corrected chi connectivity index (χ3v) is 6.29. The minimum absolute atomic E-state index is 0.0137. The van der Waals surface area contributed by atoms with Crippen molar-refractivity contribution in [2.45, 2.75) is 37.8 Å². The van der Waals surface area contributed by atoms with E-state index in [1.165, 1.54) is 13.2 Å². The van der Waals surface area contributed by atoms with E-state index in [2.05, 4.69) is 4.98 Å². The molecule has 0 N–H and O–H groups in total. The maximum Gasteiger partial charge on any atom is 0.416 e. The first-order valence-corrected chi connectivity index (χ1v) is 11.1. The van der Waals surface area contributed by atoms with Crippen molar-refractivity contribution >= 4 is 16.9 Å². The van der Waals surface area contributed by atoms with Crippen LogP contribution < -0.4 is 9.47 Å². The topological polar surface area (TPSA) is 65.8 Å². The van der Waals surface area contributed by atoms with Crippen LogP contribution in [-0.4, -0.2) is 53.3 Å². The number of alkyl halides is 3. The number of benzene rings is 2. The molecule has 0 bridgehead atoms. The fourth-order valence-electron chi connectivity index (χ4n) is 4.65. The summed E-state index contributed by atoms with van der Waals surface area (Å²) in [6.07, 6.45) is -3.86. The normalized spacial score (nSPS) is 18.9. The average Bonchev–Trinajstić information content (AvgIpc) is 3.20. The van der Waals surface area contributed by atoms with Gasteiger partial charge in [-0.05, 0) is 43.2 Å². The van der Waals surface area contributed by atoms with Crippen LogP contribution in [0.25, 0.3) is 11.0 Å². The van der Waals surface area contributed by atoms with E-state index in [4.69, 9.17) is 14.2 Å². The van der Waals surface area contributed by atoms with Crippen LogP contribution in [0.2, 0.25) is 0 Å². The number of methoxy groups -OCH3 is 1. The van der Waals surface area contributed by atoms with Crippen molar-refractivity contribution < 1.29 is 32.2 Å². The van der Waals surface area contributed by atoms with E-state index in [1.807, 2.05) is 16.7 Å². The smallest absolute Gasteiger partial charge is 0.416 e. The Balaban J connectivity index is 1.32. The second-order valence-electron chi connectivity index (χ2n) is 8.45. The highest BCUT2D eigenvalue weighted by molar-refractivity contribution is 5.82. The number of aromatic nitrogens is 2. The quantitative estimate of drug-likeness (QED) is 0.566. The van der Waals surface area contributed by atoms with E-state index in [-0.39, 0.29) is 30.7 Å². The Hall–Kier alpha value is -3.27. The van der Waals surface area contributed by atoms with Gasteiger partial charge in [-0.15, -0.1) is 0 Å². The Kier molecular flexibility index (Phi) is 5.85. The summed E-state index contributed by atoms with van der Waals surface area (Å²) in [6.45, 7) is 1.33. The van der Waals surface area contributed by atoms with Gasteiger partial charge in [0.25, 0.3) is 5.91 Å². The Morgan fingerprint density at radius 3 is 2.59 bits per heavy atom. The standard InChI is InChI=1S/C24H24F3N3O4/c1-32-14-22-28-17-12-15(24(25,26)27)6-7-18(17)30(22)16-8-10-29(11-9-16)23(31)21-13-33-19-4-2-3-5-20(19)34-21/h2-7,12,16,21H,8-11,13-14H2,1H3/t21-/m0/s1. The summed E-state index contributed by atoms with van der Waals surface area (Å²) in [7, 11) is 1.52. The molecule has 7 nitrogen and oxygen atoms in total. The molecular formula is C24H24F3N3O4. The van der Waals surface area contributed by atoms with Crippen LogP contribution in [0.1, 0.15) is 30.3 Å². The number of amides is 1. The molecule has 3 aromatic rings. The van der Waals surface area contributed by atoms with Crippen LogP contribution >= 0.6 is 0 Å². The largest absolute Gasteiger partial charge is 0.485 e. The summed E-state index contributed by atoms with van der Waals surface area (Å²) in [6, 6.07) is 10.8. The number of nitrogens with zero attached hydrogens (tertiary/aromatic N) is 3. The number of piperidine rings is 1. The molecule has 0 saturated carbocycles. The van der Waals surface area contributed by atoms with E-state index in [9.17, 15) is 18.0 Å². The van der Waals surface area contributed by atoms with Crippen LogP contribution in [-0.2, 0) is 22.3 Å². The lowest BCUT2D eigenvalue weighted by Gasteiger charge is -2.36. The molecule has 10 heteroatoms. The van der Waals surface area contributed by atoms with Crippen molar-refractivity contribution in [2.75, 3.05) is 26.8 Å². The fraction of sp³-hybridized carbons (Fsp3) is 0.417. The van der Waals surface area contributed by atoms with Crippen molar-refractivity contribution in [3.8, 4) is 11.5 Å². The molecule has 1 amide bonds. The van der Waals surface area contributed by atoms with E-state index in [1.54, 1.807) is 17.0 Å². The highest BCUT2D eigenvalue weighted by Gasteiger charge is 2.35. The molecule has 2 aliphatic rings. The summed E-state index contributed by atoms with van der Waals surface area (Å²) >= 11 is 0. The molecule has 2 aromatic carbocycles. The van der Waals surface area contributed by atoms with Crippen LogP contribution in [0.5, 0.6) is 11.5 Å². The van der Waals surface area contributed by atoms with Crippen molar-refractivity contribution in [1.82, 2.24) is 14.5 Å². The van der Waals surface area contributed by atoms with Gasteiger partial charge < -0.3 is 23.7 Å². The third-order valence-electron chi connectivity index (χ3n) is 6.29. The number of ether oxygens (including phenoxy) is 3. The van der Waals surface area contributed by atoms with Gasteiger partial charge in [0, 0.05) is 26.2 Å². The summed E-state index contributed by atoms with van der Waals surface area (Å²) in [5.74, 6) is 1.61. The maximum absolute atomic E-state index is 13.2. The van der Waals surface area contributed by atoms with Crippen molar-refractivity contribution in [2.24, 2.45) is 0 Å². The van der Waals surface area contributed by atoms with Crippen molar-refractivity contribution in [3.05, 3.63) is 53.9 Å². The molecule has 0 radical (unpaired) electrons. The molecule has 0 spiro atoms. The summed E-state index contributed by atoms with van der Waals surface area (Å²) in [5, 5.41) is 0. The summed E-state index contributed by atoms with van der Waals surface area (Å²) < 4.78 is 58.2. The van der Waals surface area contributed by atoms with E-state index in [0.29, 0.717) is 48.8 Å². The van der Waals surface area contributed by atoms with Crippen LogP contribution in [0.15, 0.2) is 42.5 Å². The van der Waals surface area contributed by atoms with Gasteiger partial charge in [0.15, 0.2) is 11.5 Å². The van der Waals surface area contributed by atoms with E-state index in [0.717, 1.165) is 12.1 Å². The van der Waals surface area contributed by atoms with Gasteiger partial charge in [0.1, 0.15) is 19.0 Å². The third kappa shape index (κ3) is 4.18. The van der Waals surface area contributed by atoms with E-state index >= 15 is 0 Å². The highest BCUT2D eigenvalue weighted by Crippen LogP contribution is 2.35. The number of carbonyl (C=O) groups excluding carboxylic acids is 1. The van der Waals surface area contributed by atoms with Gasteiger partial charge in [-0.25, -0.2) is 4.98 Å². The molecule has 1 aromatic heterocycles. The number of para-hydroxylation sites is 2. The number of likely N-dealkylation sites (tertiary alicyclic amines) is 1. The zero-order valence-electron chi connectivity index (χ0n) is 18.5. The van der Waals surface area contributed by atoms with Gasteiger partial charge in [0.05, 0.1) is 16.6 Å². The monoisotopic (exact) mass is 475 g/mol. The Morgan fingerprint density at radius 1 is 1.15 bits per heavy atom. The van der Waals surface area contributed by atoms with Gasteiger partial charge in [-0.2, -0.15) is 13.2 Å². The zero-order chi connectivity index (χ0) is 23.9.